The first-order chi connectivity index (χ1) is 12.8. The minimum Gasteiger partial charge on any atom is -0.367 e. The fourth-order valence-electron chi connectivity index (χ4n) is 3.32. The molecule has 0 unspecified atom stereocenters. The second-order valence-electron chi connectivity index (χ2n) is 6.70. The van der Waals surface area contributed by atoms with E-state index in [1.807, 2.05) is 26.0 Å². The van der Waals surface area contributed by atoms with Gasteiger partial charge in [-0.3, -0.25) is 0 Å². The molecule has 27 heavy (non-hydrogen) atoms. The van der Waals surface area contributed by atoms with Gasteiger partial charge in [0.05, 0.1) is 5.69 Å². The van der Waals surface area contributed by atoms with Crippen LogP contribution in [-0.2, 0) is 6.18 Å². The van der Waals surface area contributed by atoms with Crippen molar-refractivity contribution >= 4 is 17.3 Å². The molecule has 0 aromatic carbocycles. The molecule has 0 radical (unpaired) electrons. The molecule has 6 nitrogen and oxygen atoms in total. The summed E-state index contributed by atoms with van der Waals surface area (Å²) in [5, 5.41) is 0. The highest BCUT2D eigenvalue weighted by Gasteiger charge is 2.34. The number of fused-ring (bicyclic) bond motifs is 1. The van der Waals surface area contributed by atoms with E-state index in [1.165, 1.54) is 4.40 Å². The minimum absolute atomic E-state index is 0.286. The summed E-state index contributed by atoms with van der Waals surface area (Å²) in [5.74, 6) is 0.729. The maximum atomic E-state index is 12.8. The summed E-state index contributed by atoms with van der Waals surface area (Å²) in [5.41, 5.74) is 2.15. The number of halogens is 3. The smallest absolute Gasteiger partial charge is 0.367 e. The van der Waals surface area contributed by atoms with Crippen LogP contribution >= 0.6 is 0 Å². The summed E-state index contributed by atoms with van der Waals surface area (Å²) in [4.78, 5) is 16.9. The summed E-state index contributed by atoms with van der Waals surface area (Å²) in [7, 11) is 0. The molecule has 0 saturated carbocycles. The Morgan fingerprint density at radius 2 is 1.48 bits per heavy atom. The van der Waals surface area contributed by atoms with Gasteiger partial charge in [0.1, 0.15) is 5.65 Å². The van der Waals surface area contributed by atoms with E-state index in [-0.39, 0.29) is 5.65 Å². The first-order valence-electron chi connectivity index (χ1n) is 8.68. The third-order valence-corrected chi connectivity index (χ3v) is 4.62. The maximum absolute atomic E-state index is 12.8. The van der Waals surface area contributed by atoms with Crippen LogP contribution in [0.5, 0.6) is 0 Å². The van der Waals surface area contributed by atoms with Crippen LogP contribution in [-0.4, -0.2) is 45.5 Å². The van der Waals surface area contributed by atoms with Crippen molar-refractivity contribution in [3.05, 3.63) is 47.7 Å². The number of anilines is 2. The molecule has 4 rings (SSSR count). The molecule has 4 heterocycles. The van der Waals surface area contributed by atoms with Gasteiger partial charge in [-0.2, -0.15) is 13.2 Å². The Labute approximate surface area is 154 Å². The zero-order valence-electron chi connectivity index (χ0n) is 15.0. The van der Waals surface area contributed by atoms with Crippen molar-refractivity contribution in [2.75, 3.05) is 36.0 Å². The maximum Gasteiger partial charge on any atom is 0.434 e. The van der Waals surface area contributed by atoms with Gasteiger partial charge in [0.2, 0.25) is 5.95 Å². The van der Waals surface area contributed by atoms with Crippen molar-refractivity contribution in [1.29, 1.82) is 0 Å². The molecule has 0 aliphatic carbocycles. The first-order valence-corrected chi connectivity index (χ1v) is 8.68. The molecule has 0 N–H and O–H groups in total. The Bertz CT molecular complexity index is 953. The van der Waals surface area contributed by atoms with Crippen molar-refractivity contribution in [3.8, 4) is 0 Å². The van der Waals surface area contributed by atoms with Crippen LogP contribution < -0.4 is 9.80 Å². The van der Waals surface area contributed by atoms with E-state index in [2.05, 4.69) is 24.8 Å². The predicted molar refractivity (Wildman–Crippen MR) is 96.1 cm³/mol. The number of imidazole rings is 1. The number of nitrogens with zero attached hydrogens (tertiary/aromatic N) is 6. The van der Waals surface area contributed by atoms with E-state index in [4.69, 9.17) is 0 Å². The molecule has 3 aromatic rings. The number of hydrogen-bond acceptors (Lipinski definition) is 5. The quantitative estimate of drug-likeness (QED) is 0.688. The lowest BCUT2D eigenvalue weighted by Crippen LogP contribution is -2.47. The van der Waals surface area contributed by atoms with E-state index in [1.54, 1.807) is 12.3 Å². The second kappa shape index (κ2) is 6.40. The molecule has 142 valence electrons. The molecule has 1 saturated heterocycles. The minimum atomic E-state index is -4.44. The van der Waals surface area contributed by atoms with Crippen LogP contribution in [0.25, 0.3) is 5.65 Å². The lowest BCUT2D eigenvalue weighted by Gasteiger charge is -2.36. The van der Waals surface area contributed by atoms with Crippen molar-refractivity contribution in [3.63, 3.8) is 0 Å². The SMILES string of the molecule is Cc1cc(C)nc(N2CCN(c3ccc4nc(C(F)(F)F)cn4c3)CC2)n1. The zero-order valence-corrected chi connectivity index (χ0v) is 15.0. The third-order valence-electron chi connectivity index (χ3n) is 4.62. The van der Waals surface area contributed by atoms with Gasteiger partial charge in [0.15, 0.2) is 5.69 Å². The van der Waals surface area contributed by atoms with Gasteiger partial charge in [0.25, 0.3) is 0 Å². The monoisotopic (exact) mass is 376 g/mol. The van der Waals surface area contributed by atoms with Gasteiger partial charge in [-0.1, -0.05) is 0 Å². The van der Waals surface area contributed by atoms with Gasteiger partial charge in [-0.15, -0.1) is 0 Å². The third kappa shape index (κ3) is 3.54. The molecule has 0 amide bonds. The van der Waals surface area contributed by atoms with Crippen molar-refractivity contribution in [1.82, 2.24) is 19.4 Å². The Kier molecular flexibility index (Phi) is 4.16. The molecule has 1 aliphatic rings. The fraction of sp³-hybridized carbons (Fsp3) is 0.389. The average Bonchev–Trinajstić information content (AvgIpc) is 3.05. The Balaban J connectivity index is 1.50. The topological polar surface area (TPSA) is 49.6 Å². The Morgan fingerprint density at radius 3 is 2.11 bits per heavy atom. The predicted octanol–water partition coefficient (Wildman–Crippen LogP) is 3.09. The number of aromatic nitrogens is 4. The Hall–Kier alpha value is -2.84. The van der Waals surface area contributed by atoms with Crippen LogP contribution in [0.2, 0.25) is 0 Å². The summed E-state index contributed by atoms with van der Waals surface area (Å²) in [6.45, 7) is 6.87. The molecule has 0 spiro atoms. The van der Waals surface area contributed by atoms with Crippen LogP contribution in [0.1, 0.15) is 17.1 Å². The van der Waals surface area contributed by atoms with E-state index in [0.717, 1.165) is 55.4 Å². The zero-order chi connectivity index (χ0) is 19.2. The Morgan fingerprint density at radius 1 is 0.852 bits per heavy atom. The number of hydrogen-bond donors (Lipinski definition) is 0. The lowest BCUT2D eigenvalue weighted by molar-refractivity contribution is -0.140. The fourth-order valence-corrected chi connectivity index (χ4v) is 3.32. The van der Waals surface area contributed by atoms with Gasteiger partial charge >= 0.3 is 6.18 Å². The van der Waals surface area contributed by atoms with Crippen LogP contribution in [0.15, 0.2) is 30.6 Å². The summed E-state index contributed by atoms with van der Waals surface area (Å²) in [6.07, 6.45) is -1.72. The molecule has 1 fully saturated rings. The van der Waals surface area contributed by atoms with Crippen LogP contribution in [0, 0.1) is 13.8 Å². The highest BCUT2D eigenvalue weighted by Crippen LogP contribution is 2.29. The number of alkyl halides is 3. The van der Waals surface area contributed by atoms with Gasteiger partial charge in [0, 0.05) is 50.0 Å². The van der Waals surface area contributed by atoms with Crippen molar-refractivity contribution in [2.24, 2.45) is 0 Å². The second-order valence-corrected chi connectivity index (χ2v) is 6.70. The molecule has 0 atom stereocenters. The van der Waals surface area contributed by atoms with E-state index < -0.39 is 11.9 Å². The van der Waals surface area contributed by atoms with E-state index >= 15 is 0 Å². The van der Waals surface area contributed by atoms with Gasteiger partial charge < -0.3 is 14.2 Å². The number of aryl methyl sites for hydroxylation is 2. The normalized spacial score (nSPS) is 15.6. The summed E-state index contributed by atoms with van der Waals surface area (Å²) in [6, 6.07) is 5.37. The van der Waals surface area contributed by atoms with Crippen molar-refractivity contribution < 1.29 is 13.2 Å². The first kappa shape index (κ1) is 17.6. The highest BCUT2D eigenvalue weighted by atomic mass is 19.4. The van der Waals surface area contributed by atoms with Gasteiger partial charge in [-0.25, -0.2) is 15.0 Å². The lowest BCUT2D eigenvalue weighted by atomic mass is 10.2. The molecular formula is C18H19F3N6. The molecule has 9 heteroatoms. The van der Waals surface area contributed by atoms with E-state index in [0.29, 0.717) is 0 Å². The van der Waals surface area contributed by atoms with Gasteiger partial charge in [-0.05, 0) is 32.0 Å². The molecule has 3 aromatic heterocycles. The molecule has 0 bridgehead atoms. The van der Waals surface area contributed by atoms with Crippen LogP contribution in [0.4, 0.5) is 24.8 Å². The van der Waals surface area contributed by atoms with Crippen LogP contribution in [0.3, 0.4) is 0 Å². The largest absolute Gasteiger partial charge is 0.434 e. The van der Waals surface area contributed by atoms with E-state index in [9.17, 15) is 13.2 Å². The molecule has 1 aliphatic heterocycles. The number of pyridine rings is 1. The summed E-state index contributed by atoms with van der Waals surface area (Å²) >= 11 is 0. The standard InChI is InChI=1S/C18H19F3N6/c1-12-9-13(2)23-17(22-12)26-7-5-25(6-8-26)14-3-4-16-24-15(18(19,20)21)11-27(16)10-14/h3-4,9-11H,5-8H2,1-2H3. The molecular weight excluding hydrogens is 357 g/mol. The summed E-state index contributed by atoms with van der Waals surface area (Å²) < 4.78 is 39.9. The number of rotatable bonds is 2. The average molecular weight is 376 g/mol. The van der Waals surface area contributed by atoms with Crippen molar-refractivity contribution in [2.45, 2.75) is 20.0 Å². The number of piperazine rings is 1. The highest BCUT2D eigenvalue weighted by molar-refractivity contribution is 5.53.